The van der Waals surface area contributed by atoms with Gasteiger partial charge in [-0.3, -0.25) is 4.79 Å². The number of ether oxygens (including phenoxy) is 1. The van der Waals surface area contributed by atoms with Crippen LogP contribution < -0.4 is 5.43 Å². The summed E-state index contributed by atoms with van der Waals surface area (Å²) in [6, 6.07) is 3.16. The van der Waals surface area contributed by atoms with Crippen LogP contribution in [0.25, 0.3) is 0 Å². The van der Waals surface area contributed by atoms with Crippen LogP contribution >= 0.6 is 0 Å². The quantitative estimate of drug-likeness (QED) is 0.711. The van der Waals surface area contributed by atoms with Crippen LogP contribution in [0.15, 0.2) is 29.3 Å². The SMILES string of the molecule is CC1CCC(Cn2ccc(=O)cc2)O1. The summed E-state index contributed by atoms with van der Waals surface area (Å²) < 4.78 is 7.70. The molecular formula is C11H15NO2. The molecule has 3 heteroatoms. The largest absolute Gasteiger partial charge is 0.373 e. The number of rotatable bonds is 2. The van der Waals surface area contributed by atoms with Gasteiger partial charge in [0.1, 0.15) is 0 Å². The van der Waals surface area contributed by atoms with Crippen LogP contribution in [-0.4, -0.2) is 16.8 Å². The molecule has 0 bridgehead atoms. The average Bonchev–Trinajstić information content (AvgIpc) is 2.56. The van der Waals surface area contributed by atoms with Crippen molar-refractivity contribution >= 4 is 0 Å². The van der Waals surface area contributed by atoms with Crippen molar-refractivity contribution in [1.82, 2.24) is 4.57 Å². The van der Waals surface area contributed by atoms with Crippen molar-refractivity contribution in [3.63, 3.8) is 0 Å². The van der Waals surface area contributed by atoms with Crippen LogP contribution in [-0.2, 0) is 11.3 Å². The lowest BCUT2D eigenvalue weighted by atomic mass is 10.2. The predicted octanol–water partition coefficient (Wildman–Crippen LogP) is 1.42. The fraction of sp³-hybridized carbons (Fsp3) is 0.545. The van der Waals surface area contributed by atoms with Crippen LogP contribution in [0.3, 0.4) is 0 Å². The highest BCUT2D eigenvalue weighted by molar-refractivity contribution is 4.94. The van der Waals surface area contributed by atoms with Crippen LogP contribution in [0.4, 0.5) is 0 Å². The number of hydrogen-bond acceptors (Lipinski definition) is 2. The third-order valence-corrected chi connectivity index (χ3v) is 2.59. The minimum Gasteiger partial charge on any atom is -0.373 e. The Morgan fingerprint density at radius 3 is 2.71 bits per heavy atom. The first kappa shape index (κ1) is 9.46. The first-order valence-corrected chi connectivity index (χ1v) is 5.05. The van der Waals surface area contributed by atoms with E-state index in [1.54, 1.807) is 12.1 Å². The number of aromatic nitrogens is 1. The molecule has 2 unspecified atom stereocenters. The van der Waals surface area contributed by atoms with E-state index in [1.807, 2.05) is 17.0 Å². The van der Waals surface area contributed by atoms with Gasteiger partial charge in [-0.1, -0.05) is 0 Å². The number of hydrogen-bond donors (Lipinski definition) is 0. The molecule has 2 heterocycles. The molecule has 0 radical (unpaired) electrons. The van der Waals surface area contributed by atoms with Gasteiger partial charge in [-0.2, -0.15) is 0 Å². The fourth-order valence-corrected chi connectivity index (χ4v) is 1.82. The fourth-order valence-electron chi connectivity index (χ4n) is 1.82. The van der Waals surface area contributed by atoms with Gasteiger partial charge in [0.15, 0.2) is 5.43 Å². The molecule has 0 spiro atoms. The summed E-state index contributed by atoms with van der Waals surface area (Å²) in [6.45, 7) is 2.95. The van der Waals surface area contributed by atoms with Crippen molar-refractivity contribution in [1.29, 1.82) is 0 Å². The maximum atomic E-state index is 10.9. The van der Waals surface area contributed by atoms with Crippen molar-refractivity contribution in [3.05, 3.63) is 34.7 Å². The van der Waals surface area contributed by atoms with Gasteiger partial charge >= 0.3 is 0 Å². The zero-order valence-corrected chi connectivity index (χ0v) is 8.35. The average molecular weight is 193 g/mol. The molecule has 0 amide bonds. The summed E-state index contributed by atoms with van der Waals surface area (Å²) in [4.78, 5) is 10.9. The minimum atomic E-state index is 0.0574. The molecule has 76 valence electrons. The minimum absolute atomic E-state index is 0.0574. The Morgan fingerprint density at radius 2 is 2.14 bits per heavy atom. The lowest BCUT2D eigenvalue weighted by Crippen LogP contribution is -2.17. The molecule has 1 saturated heterocycles. The van der Waals surface area contributed by atoms with Gasteiger partial charge in [0.25, 0.3) is 0 Å². The molecule has 1 aromatic heterocycles. The van der Waals surface area contributed by atoms with Crippen LogP contribution in [0.5, 0.6) is 0 Å². The molecule has 2 atom stereocenters. The summed E-state index contributed by atoms with van der Waals surface area (Å²) in [5.41, 5.74) is 0.0574. The second kappa shape index (κ2) is 3.96. The highest BCUT2D eigenvalue weighted by Gasteiger charge is 2.21. The van der Waals surface area contributed by atoms with E-state index in [1.165, 1.54) is 0 Å². The number of pyridine rings is 1. The zero-order chi connectivity index (χ0) is 9.97. The molecule has 1 fully saturated rings. The van der Waals surface area contributed by atoms with Gasteiger partial charge in [0, 0.05) is 31.1 Å². The summed E-state index contributed by atoms with van der Waals surface area (Å²) in [6.07, 6.45) is 6.59. The monoisotopic (exact) mass is 193 g/mol. The topological polar surface area (TPSA) is 31.2 Å². The molecule has 1 aliphatic heterocycles. The smallest absolute Gasteiger partial charge is 0.181 e. The molecule has 0 saturated carbocycles. The van der Waals surface area contributed by atoms with E-state index < -0.39 is 0 Å². The van der Waals surface area contributed by atoms with E-state index in [2.05, 4.69) is 6.92 Å². The molecule has 1 aliphatic rings. The lowest BCUT2D eigenvalue weighted by molar-refractivity contribution is 0.0457. The second-order valence-corrected chi connectivity index (χ2v) is 3.88. The Labute approximate surface area is 83.3 Å². The lowest BCUT2D eigenvalue weighted by Gasteiger charge is -2.12. The van der Waals surface area contributed by atoms with E-state index in [0.29, 0.717) is 12.2 Å². The summed E-state index contributed by atoms with van der Waals surface area (Å²) in [5, 5.41) is 0. The summed E-state index contributed by atoms with van der Waals surface area (Å²) in [5.74, 6) is 0. The van der Waals surface area contributed by atoms with Gasteiger partial charge < -0.3 is 9.30 Å². The third kappa shape index (κ3) is 2.23. The predicted molar refractivity (Wildman–Crippen MR) is 54.3 cm³/mol. The van der Waals surface area contributed by atoms with Gasteiger partial charge in [-0.05, 0) is 19.8 Å². The Hall–Kier alpha value is -1.09. The van der Waals surface area contributed by atoms with Crippen LogP contribution in [0.1, 0.15) is 19.8 Å². The van der Waals surface area contributed by atoms with E-state index in [0.717, 1.165) is 19.4 Å². The van der Waals surface area contributed by atoms with E-state index in [9.17, 15) is 4.79 Å². The van der Waals surface area contributed by atoms with E-state index >= 15 is 0 Å². The van der Waals surface area contributed by atoms with Crippen LogP contribution in [0.2, 0.25) is 0 Å². The summed E-state index contributed by atoms with van der Waals surface area (Å²) in [7, 11) is 0. The normalized spacial score (nSPS) is 26.6. The van der Waals surface area contributed by atoms with E-state index in [4.69, 9.17) is 4.74 Å². The number of nitrogens with zero attached hydrogens (tertiary/aromatic N) is 1. The second-order valence-electron chi connectivity index (χ2n) is 3.88. The first-order valence-electron chi connectivity index (χ1n) is 5.05. The van der Waals surface area contributed by atoms with Crippen molar-refractivity contribution in [3.8, 4) is 0 Å². The Kier molecular flexibility index (Phi) is 2.68. The molecule has 3 nitrogen and oxygen atoms in total. The van der Waals surface area contributed by atoms with Crippen molar-refractivity contribution in [2.24, 2.45) is 0 Å². The van der Waals surface area contributed by atoms with Gasteiger partial charge in [-0.15, -0.1) is 0 Å². The maximum Gasteiger partial charge on any atom is 0.181 e. The van der Waals surface area contributed by atoms with Crippen molar-refractivity contribution in [2.75, 3.05) is 0 Å². The van der Waals surface area contributed by atoms with Crippen molar-refractivity contribution < 1.29 is 4.74 Å². The maximum absolute atomic E-state index is 10.9. The van der Waals surface area contributed by atoms with E-state index in [-0.39, 0.29) is 5.43 Å². The molecule has 2 rings (SSSR count). The van der Waals surface area contributed by atoms with Gasteiger partial charge in [0.05, 0.1) is 12.2 Å². The van der Waals surface area contributed by atoms with Gasteiger partial charge in [-0.25, -0.2) is 0 Å². The van der Waals surface area contributed by atoms with Crippen LogP contribution in [0, 0.1) is 0 Å². The standard InChI is InChI=1S/C11H15NO2/c1-9-2-3-11(14-9)8-12-6-4-10(13)5-7-12/h4-7,9,11H,2-3,8H2,1H3. The molecule has 14 heavy (non-hydrogen) atoms. The third-order valence-electron chi connectivity index (χ3n) is 2.59. The van der Waals surface area contributed by atoms with Crippen molar-refractivity contribution in [2.45, 2.75) is 38.5 Å². The zero-order valence-electron chi connectivity index (χ0n) is 8.35. The highest BCUT2D eigenvalue weighted by atomic mass is 16.5. The molecule has 1 aromatic rings. The molecule has 0 N–H and O–H groups in total. The first-order chi connectivity index (χ1) is 6.74. The highest BCUT2D eigenvalue weighted by Crippen LogP contribution is 2.19. The Balaban J connectivity index is 1.97. The Bertz CT molecular complexity index is 338. The molecule has 0 aliphatic carbocycles. The molecular weight excluding hydrogens is 178 g/mol. The van der Waals surface area contributed by atoms with Gasteiger partial charge in [0.2, 0.25) is 0 Å². The molecule has 0 aromatic carbocycles. The Morgan fingerprint density at radius 1 is 1.43 bits per heavy atom. The summed E-state index contributed by atoms with van der Waals surface area (Å²) >= 11 is 0.